The molecule has 1 N–H and O–H groups in total. The van der Waals surface area contributed by atoms with Crippen molar-refractivity contribution in [1.29, 1.82) is 0 Å². The van der Waals surface area contributed by atoms with E-state index in [-0.39, 0.29) is 11.5 Å². The fraction of sp³-hybridized carbons (Fsp3) is 0.160. The molecule has 5 nitrogen and oxygen atoms in total. The Morgan fingerprint density at radius 1 is 0.967 bits per heavy atom. The molecule has 4 aromatic rings. The largest absolute Gasteiger partial charge is 0.322 e. The van der Waals surface area contributed by atoms with Crippen molar-refractivity contribution in [2.75, 3.05) is 5.32 Å². The molecular weight excluding hydrogens is 374 g/mol. The number of fused-ring (bicyclic) bond motifs is 1. The lowest BCUT2D eigenvalue weighted by atomic mass is 10.1. The van der Waals surface area contributed by atoms with E-state index in [0.29, 0.717) is 34.6 Å². The fourth-order valence-electron chi connectivity index (χ4n) is 3.68. The van der Waals surface area contributed by atoms with E-state index in [2.05, 4.69) is 5.32 Å². The summed E-state index contributed by atoms with van der Waals surface area (Å²) in [6, 6.07) is 24.3. The number of amides is 1. The molecule has 1 heterocycles. The molecule has 0 saturated heterocycles. The molecule has 0 radical (unpaired) electrons. The maximum absolute atomic E-state index is 13.4. The number of nitrogens with zero attached hydrogens (tertiary/aromatic N) is 2. The van der Waals surface area contributed by atoms with E-state index in [1.165, 1.54) is 0 Å². The minimum atomic E-state index is -0.206. The van der Waals surface area contributed by atoms with Crippen molar-refractivity contribution in [2.45, 2.75) is 25.3 Å². The van der Waals surface area contributed by atoms with Crippen LogP contribution in [0.2, 0.25) is 0 Å². The van der Waals surface area contributed by atoms with Gasteiger partial charge in [-0.1, -0.05) is 48.5 Å². The standard InChI is InChI=1S/C25H21N3O2/c29-24(19-9-5-2-6-10-19)26-20-13-14-22-21(15-20)25(30)28(23(27-22)18-11-12-18)16-17-7-3-1-4-8-17/h1-10,13-15,18H,11-12,16H2,(H,26,29). The van der Waals surface area contributed by atoms with Crippen LogP contribution in [0.1, 0.15) is 40.5 Å². The molecule has 0 spiro atoms. The summed E-state index contributed by atoms with van der Waals surface area (Å²) in [5.41, 5.74) is 2.82. The molecule has 0 bridgehead atoms. The number of aromatic nitrogens is 2. The number of rotatable bonds is 5. The van der Waals surface area contributed by atoms with Gasteiger partial charge in [0.2, 0.25) is 0 Å². The maximum Gasteiger partial charge on any atom is 0.261 e. The predicted octanol–water partition coefficient (Wildman–Crippen LogP) is 4.57. The minimum absolute atomic E-state index is 0.0680. The van der Waals surface area contributed by atoms with E-state index in [0.717, 1.165) is 24.2 Å². The number of hydrogen-bond acceptors (Lipinski definition) is 3. The molecule has 0 unspecified atom stereocenters. The monoisotopic (exact) mass is 395 g/mol. The van der Waals surface area contributed by atoms with Gasteiger partial charge in [-0.15, -0.1) is 0 Å². The lowest BCUT2D eigenvalue weighted by Crippen LogP contribution is -2.26. The zero-order valence-electron chi connectivity index (χ0n) is 16.4. The average molecular weight is 395 g/mol. The second-order valence-electron chi connectivity index (χ2n) is 7.67. The van der Waals surface area contributed by atoms with Crippen molar-refractivity contribution in [3.05, 3.63) is 106 Å². The first-order valence-corrected chi connectivity index (χ1v) is 10.1. The van der Waals surface area contributed by atoms with Crippen LogP contribution in [-0.2, 0) is 6.54 Å². The Balaban J connectivity index is 1.54. The van der Waals surface area contributed by atoms with Gasteiger partial charge in [0.1, 0.15) is 5.82 Å². The van der Waals surface area contributed by atoms with E-state index in [1.807, 2.05) is 54.6 Å². The topological polar surface area (TPSA) is 64.0 Å². The smallest absolute Gasteiger partial charge is 0.261 e. The molecular formula is C25H21N3O2. The highest BCUT2D eigenvalue weighted by Crippen LogP contribution is 2.39. The number of benzene rings is 3. The number of anilines is 1. The van der Waals surface area contributed by atoms with Gasteiger partial charge in [-0.25, -0.2) is 4.98 Å². The fourth-order valence-corrected chi connectivity index (χ4v) is 3.68. The van der Waals surface area contributed by atoms with E-state index in [4.69, 9.17) is 4.98 Å². The van der Waals surface area contributed by atoms with Crippen molar-refractivity contribution in [3.8, 4) is 0 Å². The molecule has 1 aliphatic rings. The van der Waals surface area contributed by atoms with E-state index < -0.39 is 0 Å². The predicted molar refractivity (Wildman–Crippen MR) is 118 cm³/mol. The van der Waals surface area contributed by atoms with Crippen molar-refractivity contribution in [1.82, 2.24) is 9.55 Å². The Hall–Kier alpha value is -3.73. The molecule has 148 valence electrons. The summed E-state index contributed by atoms with van der Waals surface area (Å²) in [5.74, 6) is 1.00. The van der Waals surface area contributed by atoms with E-state index in [9.17, 15) is 9.59 Å². The van der Waals surface area contributed by atoms with Crippen molar-refractivity contribution < 1.29 is 4.79 Å². The van der Waals surface area contributed by atoms with Crippen LogP contribution in [0.4, 0.5) is 5.69 Å². The van der Waals surface area contributed by atoms with Gasteiger partial charge in [-0.05, 0) is 48.7 Å². The van der Waals surface area contributed by atoms with Gasteiger partial charge < -0.3 is 5.32 Å². The lowest BCUT2D eigenvalue weighted by molar-refractivity contribution is 0.102. The van der Waals surface area contributed by atoms with Crippen LogP contribution in [0.3, 0.4) is 0 Å². The summed E-state index contributed by atoms with van der Waals surface area (Å²) in [5, 5.41) is 3.40. The number of hydrogen-bond donors (Lipinski definition) is 1. The third-order valence-corrected chi connectivity index (χ3v) is 5.40. The molecule has 1 fully saturated rings. The first-order valence-electron chi connectivity index (χ1n) is 10.1. The SMILES string of the molecule is O=C(Nc1ccc2nc(C3CC3)n(Cc3ccccc3)c(=O)c2c1)c1ccccc1. The summed E-state index contributed by atoms with van der Waals surface area (Å²) in [7, 11) is 0. The average Bonchev–Trinajstić information content (AvgIpc) is 3.62. The molecule has 1 aliphatic carbocycles. The zero-order chi connectivity index (χ0) is 20.5. The van der Waals surface area contributed by atoms with Gasteiger partial charge in [0, 0.05) is 17.2 Å². The molecule has 1 amide bonds. The Labute approximate surface area is 174 Å². The minimum Gasteiger partial charge on any atom is -0.322 e. The first kappa shape index (κ1) is 18.3. The molecule has 3 aromatic carbocycles. The third-order valence-electron chi connectivity index (χ3n) is 5.40. The van der Waals surface area contributed by atoms with Gasteiger partial charge in [0.05, 0.1) is 17.4 Å². The van der Waals surface area contributed by atoms with Crippen LogP contribution in [0.15, 0.2) is 83.7 Å². The summed E-state index contributed by atoms with van der Waals surface area (Å²) >= 11 is 0. The van der Waals surface area contributed by atoms with E-state index in [1.54, 1.807) is 28.8 Å². The summed E-state index contributed by atoms with van der Waals surface area (Å²) < 4.78 is 1.79. The second-order valence-corrected chi connectivity index (χ2v) is 7.67. The third kappa shape index (κ3) is 3.62. The molecule has 0 atom stereocenters. The van der Waals surface area contributed by atoms with Crippen LogP contribution in [0.5, 0.6) is 0 Å². The zero-order valence-corrected chi connectivity index (χ0v) is 16.4. The van der Waals surface area contributed by atoms with Crippen LogP contribution in [0.25, 0.3) is 10.9 Å². The molecule has 0 aliphatic heterocycles. The molecule has 5 heteroatoms. The lowest BCUT2D eigenvalue weighted by Gasteiger charge is -2.14. The Morgan fingerprint density at radius 3 is 2.37 bits per heavy atom. The van der Waals surface area contributed by atoms with Crippen LogP contribution >= 0.6 is 0 Å². The maximum atomic E-state index is 13.4. The van der Waals surface area contributed by atoms with Crippen LogP contribution < -0.4 is 10.9 Å². The summed E-state index contributed by atoms with van der Waals surface area (Å²) in [6.45, 7) is 0.495. The Bertz CT molecular complexity index is 1280. The summed E-state index contributed by atoms with van der Waals surface area (Å²) in [6.07, 6.45) is 2.13. The van der Waals surface area contributed by atoms with Gasteiger partial charge in [0.25, 0.3) is 11.5 Å². The highest BCUT2D eigenvalue weighted by atomic mass is 16.1. The molecule has 1 aromatic heterocycles. The Kier molecular flexibility index (Phi) is 4.64. The van der Waals surface area contributed by atoms with E-state index >= 15 is 0 Å². The van der Waals surface area contributed by atoms with Crippen molar-refractivity contribution >= 4 is 22.5 Å². The number of carbonyl (C=O) groups excluding carboxylic acids is 1. The molecule has 5 rings (SSSR count). The van der Waals surface area contributed by atoms with Crippen molar-refractivity contribution in [2.24, 2.45) is 0 Å². The normalized spacial score (nSPS) is 13.3. The summed E-state index contributed by atoms with van der Waals surface area (Å²) in [4.78, 5) is 30.7. The quantitative estimate of drug-likeness (QED) is 0.538. The first-order chi connectivity index (χ1) is 14.7. The molecule has 30 heavy (non-hydrogen) atoms. The Morgan fingerprint density at radius 2 is 1.67 bits per heavy atom. The van der Waals surface area contributed by atoms with Crippen molar-refractivity contribution in [3.63, 3.8) is 0 Å². The van der Waals surface area contributed by atoms with Gasteiger partial charge in [-0.2, -0.15) is 0 Å². The number of nitrogens with one attached hydrogen (secondary N) is 1. The van der Waals surface area contributed by atoms with Crippen LogP contribution in [-0.4, -0.2) is 15.5 Å². The highest BCUT2D eigenvalue weighted by Gasteiger charge is 2.29. The second kappa shape index (κ2) is 7.59. The number of carbonyl (C=O) groups is 1. The highest BCUT2D eigenvalue weighted by molar-refractivity contribution is 6.05. The van der Waals surface area contributed by atoms with Gasteiger partial charge in [0.15, 0.2) is 0 Å². The van der Waals surface area contributed by atoms with Gasteiger partial charge in [-0.3, -0.25) is 14.2 Å². The molecule has 1 saturated carbocycles. The van der Waals surface area contributed by atoms with Crippen LogP contribution in [0, 0.1) is 0 Å². The van der Waals surface area contributed by atoms with Gasteiger partial charge >= 0.3 is 0 Å².